The molecule has 1 aromatic heterocycles. The molecule has 112 valence electrons. The van der Waals surface area contributed by atoms with Crippen LogP contribution in [-0.4, -0.2) is 31.1 Å². The van der Waals surface area contributed by atoms with Crippen molar-refractivity contribution in [3.63, 3.8) is 0 Å². The van der Waals surface area contributed by atoms with E-state index in [9.17, 15) is 9.18 Å². The Morgan fingerprint density at radius 1 is 1.43 bits per heavy atom. The van der Waals surface area contributed by atoms with Gasteiger partial charge >= 0.3 is 0 Å². The number of hydrogen-bond donors (Lipinski definition) is 1. The van der Waals surface area contributed by atoms with Crippen LogP contribution in [0.1, 0.15) is 15.2 Å². The Morgan fingerprint density at radius 3 is 2.86 bits per heavy atom. The summed E-state index contributed by atoms with van der Waals surface area (Å²) in [5.74, 6) is -0.817. The van der Waals surface area contributed by atoms with Crippen molar-refractivity contribution in [3.8, 4) is 0 Å². The Labute approximate surface area is 126 Å². The van der Waals surface area contributed by atoms with Crippen molar-refractivity contribution in [1.82, 2.24) is 4.90 Å². The number of carbonyl (C=O) groups excluding carboxylic acids is 1. The first-order valence-electron chi connectivity index (χ1n) is 6.47. The van der Waals surface area contributed by atoms with Crippen LogP contribution in [0, 0.1) is 5.82 Å². The number of ether oxygens (including phenoxy) is 1. The van der Waals surface area contributed by atoms with E-state index >= 15 is 0 Å². The Bertz CT molecular complexity index is 602. The van der Waals surface area contributed by atoms with E-state index < -0.39 is 5.82 Å². The van der Waals surface area contributed by atoms with Gasteiger partial charge in [-0.2, -0.15) is 0 Å². The van der Waals surface area contributed by atoms with Gasteiger partial charge in [0.2, 0.25) is 0 Å². The minimum Gasteiger partial charge on any atom is -0.396 e. The molecule has 2 rings (SSSR count). The highest BCUT2D eigenvalue weighted by molar-refractivity contribution is 7.09. The molecule has 1 aromatic carbocycles. The van der Waals surface area contributed by atoms with Crippen LogP contribution >= 0.6 is 11.3 Å². The van der Waals surface area contributed by atoms with Crippen molar-refractivity contribution in [2.75, 3.05) is 26.0 Å². The molecular weight excluding hydrogens is 291 g/mol. The highest BCUT2D eigenvalue weighted by Crippen LogP contribution is 2.17. The number of nitrogens with zero attached hydrogens (tertiary/aromatic N) is 1. The Hall–Kier alpha value is -1.92. The number of nitrogens with two attached hydrogens (primary N) is 1. The first-order chi connectivity index (χ1) is 10.1. The second-order valence-electron chi connectivity index (χ2n) is 4.54. The molecule has 4 nitrogen and oxygen atoms in total. The number of hydrogen-bond acceptors (Lipinski definition) is 4. The van der Waals surface area contributed by atoms with Gasteiger partial charge in [0.25, 0.3) is 5.91 Å². The summed E-state index contributed by atoms with van der Waals surface area (Å²) in [5, 5.41) is 1.96. The molecule has 0 unspecified atom stereocenters. The van der Waals surface area contributed by atoms with Gasteiger partial charge < -0.3 is 15.4 Å². The van der Waals surface area contributed by atoms with Gasteiger partial charge in [0, 0.05) is 24.1 Å². The van der Waals surface area contributed by atoms with Crippen molar-refractivity contribution in [3.05, 3.63) is 52.0 Å². The lowest BCUT2D eigenvalue weighted by Gasteiger charge is -2.22. The molecule has 6 heteroatoms. The Balaban J connectivity index is 2.18. The van der Waals surface area contributed by atoms with Crippen molar-refractivity contribution >= 4 is 22.9 Å². The molecule has 0 fully saturated rings. The number of amides is 1. The summed E-state index contributed by atoms with van der Waals surface area (Å²) in [6.45, 7) is 1.35. The fourth-order valence-corrected chi connectivity index (χ4v) is 2.61. The van der Waals surface area contributed by atoms with Gasteiger partial charge in [-0.05, 0) is 29.6 Å². The molecule has 1 amide bonds. The van der Waals surface area contributed by atoms with Crippen LogP contribution in [0.2, 0.25) is 0 Å². The molecule has 1 heterocycles. The normalized spacial score (nSPS) is 10.6. The van der Waals surface area contributed by atoms with Crippen LogP contribution < -0.4 is 5.73 Å². The fourth-order valence-electron chi connectivity index (χ4n) is 1.89. The fraction of sp³-hybridized carbons (Fsp3) is 0.267. The quantitative estimate of drug-likeness (QED) is 0.835. The van der Waals surface area contributed by atoms with E-state index in [0.29, 0.717) is 19.7 Å². The second-order valence-corrected chi connectivity index (χ2v) is 5.57. The van der Waals surface area contributed by atoms with Crippen LogP contribution in [0.5, 0.6) is 0 Å². The van der Waals surface area contributed by atoms with Crippen molar-refractivity contribution < 1.29 is 13.9 Å². The summed E-state index contributed by atoms with van der Waals surface area (Å²) in [4.78, 5) is 15.2. The summed E-state index contributed by atoms with van der Waals surface area (Å²) in [7, 11) is 1.58. The minimum atomic E-state index is -0.580. The average molecular weight is 308 g/mol. The molecule has 0 spiro atoms. The van der Waals surface area contributed by atoms with Gasteiger partial charge in [0.1, 0.15) is 5.82 Å². The second kappa shape index (κ2) is 7.19. The summed E-state index contributed by atoms with van der Waals surface area (Å²) in [5.41, 5.74) is 5.76. The zero-order valence-electron chi connectivity index (χ0n) is 11.7. The monoisotopic (exact) mass is 308 g/mol. The van der Waals surface area contributed by atoms with E-state index in [1.807, 2.05) is 17.5 Å². The maximum atomic E-state index is 13.5. The molecular formula is C15H17FN2O2S. The number of nitrogen functional groups attached to an aromatic ring is 1. The smallest absolute Gasteiger partial charge is 0.254 e. The minimum absolute atomic E-state index is 0.0354. The van der Waals surface area contributed by atoms with E-state index in [0.717, 1.165) is 4.88 Å². The maximum absolute atomic E-state index is 13.5. The molecule has 0 bridgehead atoms. The van der Waals surface area contributed by atoms with Crippen molar-refractivity contribution in [2.24, 2.45) is 0 Å². The zero-order valence-corrected chi connectivity index (χ0v) is 12.5. The molecule has 21 heavy (non-hydrogen) atoms. The predicted molar refractivity (Wildman–Crippen MR) is 81.7 cm³/mol. The molecule has 2 N–H and O–H groups in total. The molecule has 0 aliphatic heterocycles. The van der Waals surface area contributed by atoms with E-state index in [1.54, 1.807) is 23.3 Å². The van der Waals surface area contributed by atoms with Crippen molar-refractivity contribution in [1.29, 1.82) is 0 Å². The Morgan fingerprint density at radius 2 is 2.24 bits per heavy atom. The summed E-state index contributed by atoms with van der Waals surface area (Å²) >= 11 is 1.57. The maximum Gasteiger partial charge on any atom is 0.254 e. The lowest BCUT2D eigenvalue weighted by atomic mass is 10.1. The van der Waals surface area contributed by atoms with Gasteiger partial charge in [-0.3, -0.25) is 4.79 Å². The number of halogens is 1. The molecule has 0 aliphatic carbocycles. The lowest BCUT2D eigenvalue weighted by Crippen LogP contribution is -2.33. The van der Waals surface area contributed by atoms with Crippen LogP contribution in [0.25, 0.3) is 0 Å². The van der Waals surface area contributed by atoms with Crippen LogP contribution in [0.3, 0.4) is 0 Å². The van der Waals surface area contributed by atoms with Gasteiger partial charge in [-0.1, -0.05) is 6.07 Å². The molecule has 0 atom stereocenters. The van der Waals surface area contributed by atoms with E-state index in [4.69, 9.17) is 10.5 Å². The number of carbonyl (C=O) groups is 1. The first-order valence-corrected chi connectivity index (χ1v) is 7.35. The van der Waals surface area contributed by atoms with Gasteiger partial charge in [0.05, 0.1) is 18.8 Å². The van der Waals surface area contributed by atoms with Crippen LogP contribution in [0.15, 0.2) is 35.7 Å². The highest BCUT2D eigenvalue weighted by Gasteiger charge is 2.17. The van der Waals surface area contributed by atoms with Crippen LogP contribution in [-0.2, 0) is 11.3 Å². The number of benzene rings is 1. The van der Waals surface area contributed by atoms with E-state index in [1.165, 1.54) is 18.2 Å². The number of thiophene rings is 1. The molecule has 0 radical (unpaired) electrons. The number of methoxy groups -OCH3 is 1. The number of rotatable bonds is 6. The zero-order chi connectivity index (χ0) is 15.2. The summed E-state index contributed by atoms with van der Waals surface area (Å²) in [6, 6.07) is 8.01. The Kier molecular flexibility index (Phi) is 5.30. The van der Waals surface area contributed by atoms with Crippen molar-refractivity contribution in [2.45, 2.75) is 6.54 Å². The van der Waals surface area contributed by atoms with E-state index in [-0.39, 0.29) is 17.2 Å². The highest BCUT2D eigenvalue weighted by atomic mass is 32.1. The van der Waals surface area contributed by atoms with Gasteiger partial charge in [-0.15, -0.1) is 11.3 Å². The standard InChI is InChI=1S/C15H17FN2O2S/c1-20-7-6-18(10-12-3-2-8-21-12)15(19)11-4-5-14(17)13(16)9-11/h2-5,8-9H,6-7,10,17H2,1H3. The predicted octanol–water partition coefficient (Wildman–Crippen LogP) is 2.76. The lowest BCUT2D eigenvalue weighted by molar-refractivity contribution is 0.0682. The topological polar surface area (TPSA) is 55.6 Å². The third-order valence-corrected chi connectivity index (χ3v) is 3.89. The third-order valence-electron chi connectivity index (χ3n) is 3.03. The van der Waals surface area contributed by atoms with Gasteiger partial charge in [-0.25, -0.2) is 4.39 Å². The summed E-state index contributed by atoms with van der Waals surface area (Å²) < 4.78 is 18.5. The molecule has 0 saturated carbocycles. The SMILES string of the molecule is COCCN(Cc1cccs1)C(=O)c1ccc(N)c(F)c1. The number of anilines is 1. The largest absolute Gasteiger partial charge is 0.396 e. The van der Waals surface area contributed by atoms with Crippen LogP contribution in [0.4, 0.5) is 10.1 Å². The summed E-state index contributed by atoms with van der Waals surface area (Å²) in [6.07, 6.45) is 0. The average Bonchev–Trinajstić information content (AvgIpc) is 2.98. The molecule has 0 aliphatic rings. The molecule has 2 aromatic rings. The van der Waals surface area contributed by atoms with E-state index in [2.05, 4.69) is 0 Å². The first kappa shape index (κ1) is 15.5. The molecule has 0 saturated heterocycles. The third kappa shape index (κ3) is 4.03. The van der Waals surface area contributed by atoms with Gasteiger partial charge in [0.15, 0.2) is 0 Å².